The zero-order valence-electron chi connectivity index (χ0n) is 11.8. The zero-order valence-corrected chi connectivity index (χ0v) is 11.8. The maximum Gasteiger partial charge on any atom is 0.308 e. The third kappa shape index (κ3) is 3.38. The first-order valence-electron chi connectivity index (χ1n) is 7.06. The Labute approximate surface area is 119 Å². The van der Waals surface area contributed by atoms with Gasteiger partial charge in [0, 0.05) is 12.0 Å². The van der Waals surface area contributed by atoms with Gasteiger partial charge in [0.1, 0.15) is 0 Å². The molecule has 1 atom stereocenters. The molecule has 0 aliphatic heterocycles. The van der Waals surface area contributed by atoms with Crippen LogP contribution in [0, 0.1) is 11.3 Å². The lowest BCUT2D eigenvalue weighted by Crippen LogP contribution is -2.46. The van der Waals surface area contributed by atoms with Crippen molar-refractivity contribution in [2.75, 3.05) is 6.54 Å². The number of hydrogen-bond acceptors (Lipinski definition) is 2. The molecule has 0 heterocycles. The van der Waals surface area contributed by atoms with E-state index in [9.17, 15) is 14.7 Å². The van der Waals surface area contributed by atoms with E-state index in [1.54, 1.807) is 0 Å². The van der Waals surface area contributed by atoms with Crippen molar-refractivity contribution >= 4 is 11.9 Å². The standard InChI is InChI=1S/C16H21NO3/c1-16(8-5-9-16)15(20)17-11-13(14(18)19)10-12-6-3-2-4-7-12/h2-4,6-7,13H,5,8-11H2,1H3,(H,17,20)(H,18,19). The Kier molecular flexibility index (Phi) is 4.42. The molecule has 0 bridgehead atoms. The number of carboxylic acids is 1. The SMILES string of the molecule is CC1(C(=O)NCC(Cc2ccccc2)C(=O)O)CCC1. The van der Waals surface area contributed by atoms with Gasteiger partial charge in [-0.2, -0.15) is 0 Å². The van der Waals surface area contributed by atoms with Crippen LogP contribution in [-0.4, -0.2) is 23.5 Å². The van der Waals surface area contributed by atoms with Gasteiger partial charge in [-0.15, -0.1) is 0 Å². The minimum absolute atomic E-state index is 0.0111. The smallest absolute Gasteiger partial charge is 0.308 e. The summed E-state index contributed by atoms with van der Waals surface area (Å²) in [5, 5.41) is 12.1. The molecule has 0 aromatic heterocycles. The molecular weight excluding hydrogens is 254 g/mol. The minimum Gasteiger partial charge on any atom is -0.481 e. The predicted molar refractivity (Wildman–Crippen MR) is 76.2 cm³/mol. The zero-order chi connectivity index (χ0) is 14.6. The fourth-order valence-electron chi connectivity index (χ4n) is 2.51. The summed E-state index contributed by atoms with van der Waals surface area (Å²) in [6.07, 6.45) is 3.31. The summed E-state index contributed by atoms with van der Waals surface area (Å²) in [5.74, 6) is -1.46. The van der Waals surface area contributed by atoms with Gasteiger partial charge in [-0.05, 0) is 24.8 Å². The van der Waals surface area contributed by atoms with Crippen molar-refractivity contribution in [2.24, 2.45) is 11.3 Å². The van der Waals surface area contributed by atoms with Gasteiger partial charge in [-0.3, -0.25) is 9.59 Å². The van der Waals surface area contributed by atoms with E-state index in [1.165, 1.54) is 0 Å². The first-order valence-corrected chi connectivity index (χ1v) is 7.06. The van der Waals surface area contributed by atoms with Crippen LogP contribution in [0.1, 0.15) is 31.7 Å². The van der Waals surface area contributed by atoms with Crippen LogP contribution < -0.4 is 5.32 Å². The summed E-state index contributed by atoms with van der Waals surface area (Å²) < 4.78 is 0. The quantitative estimate of drug-likeness (QED) is 0.836. The summed E-state index contributed by atoms with van der Waals surface area (Å²) in [5.41, 5.74) is 0.694. The Bertz CT molecular complexity index is 480. The highest BCUT2D eigenvalue weighted by atomic mass is 16.4. The maximum absolute atomic E-state index is 12.0. The van der Waals surface area contributed by atoms with Gasteiger partial charge in [-0.1, -0.05) is 43.7 Å². The van der Waals surface area contributed by atoms with Crippen LogP contribution in [0.2, 0.25) is 0 Å². The van der Waals surface area contributed by atoms with Crippen molar-refractivity contribution in [3.63, 3.8) is 0 Å². The van der Waals surface area contributed by atoms with Crippen molar-refractivity contribution in [1.29, 1.82) is 0 Å². The number of rotatable bonds is 6. The molecule has 0 spiro atoms. The van der Waals surface area contributed by atoms with Gasteiger partial charge in [0.05, 0.1) is 5.92 Å². The topological polar surface area (TPSA) is 66.4 Å². The van der Waals surface area contributed by atoms with E-state index >= 15 is 0 Å². The molecule has 1 unspecified atom stereocenters. The predicted octanol–water partition coefficient (Wildman–Crippen LogP) is 2.24. The molecule has 2 rings (SSSR count). The maximum atomic E-state index is 12.0. The van der Waals surface area contributed by atoms with E-state index < -0.39 is 11.9 Å². The summed E-state index contributed by atoms with van der Waals surface area (Å²) in [6.45, 7) is 2.14. The monoisotopic (exact) mass is 275 g/mol. The molecule has 1 saturated carbocycles. The highest BCUT2D eigenvalue weighted by molar-refractivity contribution is 5.83. The lowest BCUT2D eigenvalue weighted by molar-refractivity contribution is -0.142. The third-order valence-electron chi connectivity index (χ3n) is 4.19. The Morgan fingerprint density at radius 2 is 1.95 bits per heavy atom. The molecule has 1 amide bonds. The van der Waals surface area contributed by atoms with Crippen LogP contribution in [0.5, 0.6) is 0 Å². The number of amides is 1. The molecule has 108 valence electrons. The van der Waals surface area contributed by atoms with Crippen molar-refractivity contribution < 1.29 is 14.7 Å². The summed E-state index contributed by atoms with van der Waals surface area (Å²) in [6, 6.07) is 9.50. The van der Waals surface area contributed by atoms with Gasteiger partial charge < -0.3 is 10.4 Å². The highest BCUT2D eigenvalue weighted by Gasteiger charge is 2.39. The van der Waals surface area contributed by atoms with Gasteiger partial charge in [0.25, 0.3) is 0 Å². The van der Waals surface area contributed by atoms with E-state index in [1.807, 2.05) is 37.3 Å². The number of carboxylic acid groups (broad SMARTS) is 1. The van der Waals surface area contributed by atoms with Gasteiger partial charge in [-0.25, -0.2) is 0 Å². The molecule has 1 aromatic carbocycles. The van der Waals surface area contributed by atoms with Crippen LogP contribution >= 0.6 is 0 Å². The average Bonchev–Trinajstić information content (AvgIpc) is 2.41. The Balaban J connectivity index is 1.90. The lowest BCUT2D eigenvalue weighted by atomic mass is 9.70. The molecule has 1 aliphatic carbocycles. The second kappa shape index (κ2) is 6.07. The molecule has 1 aliphatic rings. The molecule has 0 saturated heterocycles. The minimum atomic E-state index is -0.868. The molecule has 1 aromatic rings. The summed E-state index contributed by atoms with van der Waals surface area (Å²) in [7, 11) is 0. The average molecular weight is 275 g/mol. The molecule has 4 nitrogen and oxygen atoms in total. The van der Waals surface area contributed by atoms with Crippen molar-refractivity contribution in [3.8, 4) is 0 Å². The van der Waals surface area contributed by atoms with E-state index in [-0.39, 0.29) is 17.9 Å². The van der Waals surface area contributed by atoms with E-state index in [2.05, 4.69) is 5.32 Å². The number of aliphatic carboxylic acids is 1. The highest BCUT2D eigenvalue weighted by Crippen LogP contribution is 2.40. The molecule has 2 N–H and O–H groups in total. The second-order valence-electron chi connectivity index (χ2n) is 5.85. The summed E-state index contributed by atoms with van der Waals surface area (Å²) in [4.78, 5) is 23.3. The number of carbonyl (C=O) groups excluding carboxylic acids is 1. The fraction of sp³-hybridized carbons (Fsp3) is 0.500. The molecular formula is C16H21NO3. The third-order valence-corrected chi connectivity index (χ3v) is 4.19. The summed E-state index contributed by atoms with van der Waals surface area (Å²) >= 11 is 0. The van der Waals surface area contributed by atoms with Crippen LogP contribution in [-0.2, 0) is 16.0 Å². The molecule has 1 fully saturated rings. The Morgan fingerprint density at radius 3 is 2.45 bits per heavy atom. The fourth-order valence-corrected chi connectivity index (χ4v) is 2.51. The molecule has 0 radical (unpaired) electrons. The number of nitrogens with one attached hydrogen (secondary N) is 1. The van der Waals surface area contributed by atoms with Crippen molar-refractivity contribution in [1.82, 2.24) is 5.32 Å². The Hall–Kier alpha value is -1.84. The van der Waals surface area contributed by atoms with Crippen LogP contribution in [0.15, 0.2) is 30.3 Å². The normalized spacial score (nSPS) is 17.9. The molecule has 20 heavy (non-hydrogen) atoms. The van der Waals surface area contributed by atoms with E-state index in [0.29, 0.717) is 6.42 Å². The van der Waals surface area contributed by atoms with E-state index in [4.69, 9.17) is 0 Å². The van der Waals surface area contributed by atoms with Gasteiger partial charge >= 0.3 is 5.97 Å². The van der Waals surface area contributed by atoms with Crippen molar-refractivity contribution in [2.45, 2.75) is 32.6 Å². The number of benzene rings is 1. The van der Waals surface area contributed by atoms with Gasteiger partial charge in [0.2, 0.25) is 5.91 Å². The van der Waals surface area contributed by atoms with Crippen LogP contribution in [0.3, 0.4) is 0 Å². The lowest BCUT2D eigenvalue weighted by Gasteiger charge is -2.36. The number of hydrogen-bond donors (Lipinski definition) is 2. The second-order valence-corrected chi connectivity index (χ2v) is 5.85. The molecule has 4 heteroatoms. The first-order chi connectivity index (χ1) is 9.51. The van der Waals surface area contributed by atoms with Crippen molar-refractivity contribution in [3.05, 3.63) is 35.9 Å². The van der Waals surface area contributed by atoms with Crippen LogP contribution in [0.4, 0.5) is 0 Å². The largest absolute Gasteiger partial charge is 0.481 e. The van der Waals surface area contributed by atoms with Gasteiger partial charge in [0.15, 0.2) is 0 Å². The Morgan fingerprint density at radius 1 is 1.30 bits per heavy atom. The first kappa shape index (κ1) is 14.6. The number of carbonyl (C=O) groups is 2. The van der Waals surface area contributed by atoms with E-state index in [0.717, 1.165) is 24.8 Å². The van der Waals surface area contributed by atoms with Crippen LogP contribution in [0.25, 0.3) is 0 Å².